The van der Waals surface area contributed by atoms with Crippen molar-refractivity contribution in [2.75, 3.05) is 6.54 Å². The summed E-state index contributed by atoms with van der Waals surface area (Å²) in [5.41, 5.74) is 4.41. The molecule has 7 nitrogen and oxygen atoms in total. The van der Waals surface area contributed by atoms with Gasteiger partial charge in [-0.1, -0.05) is 17.7 Å². The Hall–Kier alpha value is -2.49. The van der Waals surface area contributed by atoms with Crippen molar-refractivity contribution in [3.05, 3.63) is 64.9 Å². The monoisotopic (exact) mass is 385 g/mol. The van der Waals surface area contributed by atoms with Crippen LogP contribution in [0.15, 0.2) is 53.4 Å². The fourth-order valence-electron chi connectivity index (χ4n) is 1.73. The zero-order valence-corrected chi connectivity index (χ0v) is 14.2. The van der Waals surface area contributed by atoms with Crippen LogP contribution in [0.3, 0.4) is 0 Å². The molecule has 0 atom stereocenters. The Bertz CT molecular complexity index is 888. The van der Waals surface area contributed by atoms with Crippen molar-refractivity contribution < 1.29 is 22.4 Å². The first-order valence-electron chi connectivity index (χ1n) is 6.88. The Kier molecular flexibility index (Phi) is 6.07. The molecule has 2 aromatic rings. The normalized spacial score (nSPS) is 11.0. The second kappa shape index (κ2) is 8.06. The zero-order valence-electron chi connectivity index (χ0n) is 12.6. The third-order valence-electron chi connectivity index (χ3n) is 2.95. The number of hydrogen-bond acceptors (Lipinski definition) is 4. The molecule has 25 heavy (non-hydrogen) atoms. The van der Waals surface area contributed by atoms with Crippen LogP contribution in [0.2, 0.25) is 5.02 Å². The summed E-state index contributed by atoms with van der Waals surface area (Å²) in [4.78, 5) is 23.2. The molecule has 0 bridgehead atoms. The first-order valence-corrected chi connectivity index (χ1v) is 8.74. The third kappa shape index (κ3) is 5.52. The van der Waals surface area contributed by atoms with Crippen LogP contribution in [-0.4, -0.2) is 26.8 Å². The lowest BCUT2D eigenvalue weighted by Crippen LogP contribution is -2.46. The molecule has 2 amide bonds. The summed E-state index contributed by atoms with van der Waals surface area (Å²) in [6, 6.07) is 10.1. The lowest BCUT2D eigenvalue weighted by molar-refractivity contribution is -0.120. The number of halogens is 2. The van der Waals surface area contributed by atoms with E-state index < -0.39 is 34.2 Å². The van der Waals surface area contributed by atoms with Gasteiger partial charge in [-0.25, -0.2) is 17.5 Å². The maximum absolute atomic E-state index is 12.8. The van der Waals surface area contributed by atoms with Crippen molar-refractivity contribution in [3.8, 4) is 0 Å². The number of amides is 2. The van der Waals surface area contributed by atoms with Gasteiger partial charge in [0, 0.05) is 10.6 Å². The van der Waals surface area contributed by atoms with Gasteiger partial charge in [0.1, 0.15) is 5.82 Å². The van der Waals surface area contributed by atoms with Crippen molar-refractivity contribution in [1.29, 1.82) is 0 Å². The number of carbonyl (C=O) groups excluding carboxylic acids is 2. The Balaban J connectivity index is 1.86. The minimum atomic E-state index is -3.98. The van der Waals surface area contributed by atoms with E-state index >= 15 is 0 Å². The van der Waals surface area contributed by atoms with E-state index in [0.717, 1.165) is 24.3 Å². The number of nitrogens with one attached hydrogen (secondary N) is 3. The van der Waals surface area contributed by atoms with Crippen molar-refractivity contribution in [2.45, 2.75) is 4.90 Å². The first kappa shape index (κ1) is 18.8. The molecule has 2 rings (SSSR count). The Morgan fingerprint density at radius 3 is 2.36 bits per heavy atom. The number of rotatable bonds is 5. The van der Waals surface area contributed by atoms with E-state index in [1.807, 2.05) is 4.72 Å². The number of sulfonamides is 1. The van der Waals surface area contributed by atoms with Gasteiger partial charge in [-0.3, -0.25) is 20.4 Å². The maximum atomic E-state index is 12.8. The van der Waals surface area contributed by atoms with Gasteiger partial charge in [-0.2, -0.15) is 0 Å². The molecule has 0 aliphatic carbocycles. The number of hydrazine groups is 1. The molecule has 0 fully saturated rings. The molecule has 0 saturated carbocycles. The van der Waals surface area contributed by atoms with Gasteiger partial charge in [-0.05, 0) is 42.5 Å². The second-order valence-electron chi connectivity index (χ2n) is 4.79. The SMILES string of the molecule is O=C(CNS(=O)(=O)c1ccc(F)cc1)NNC(=O)c1cccc(Cl)c1. The zero-order chi connectivity index (χ0) is 18.4. The van der Waals surface area contributed by atoms with Crippen LogP contribution in [-0.2, 0) is 14.8 Å². The average molecular weight is 386 g/mol. The van der Waals surface area contributed by atoms with E-state index in [1.54, 1.807) is 12.1 Å². The van der Waals surface area contributed by atoms with Crippen LogP contribution < -0.4 is 15.6 Å². The minimum Gasteiger partial charge on any atom is -0.272 e. The standard InChI is InChI=1S/C15H13ClFN3O4S/c16-11-3-1-2-10(8-11)15(22)20-19-14(21)9-18-25(23,24)13-6-4-12(17)5-7-13/h1-8,18H,9H2,(H,19,21)(H,20,22). The molecule has 0 saturated heterocycles. The van der Waals surface area contributed by atoms with Gasteiger partial charge < -0.3 is 0 Å². The summed E-state index contributed by atoms with van der Waals surface area (Å²) >= 11 is 5.75. The topological polar surface area (TPSA) is 104 Å². The van der Waals surface area contributed by atoms with Crippen LogP contribution in [0.1, 0.15) is 10.4 Å². The molecule has 10 heteroatoms. The summed E-state index contributed by atoms with van der Waals surface area (Å²) in [5.74, 6) is -1.99. The molecule has 0 radical (unpaired) electrons. The van der Waals surface area contributed by atoms with E-state index in [4.69, 9.17) is 11.6 Å². The van der Waals surface area contributed by atoms with Crippen molar-refractivity contribution >= 4 is 33.4 Å². The Labute approximate surface area is 148 Å². The largest absolute Gasteiger partial charge is 0.272 e. The predicted octanol–water partition coefficient (Wildman–Crippen LogP) is 1.22. The lowest BCUT2D eigenvalue weighted by atomic mass is 10.2. The van der Waals surface area contributed by atoms with E-state index in [1.165, 1.54) is 12.1 Å². The highest BCUT2D eigenvalue weighted by Crippen LogP contribution is 2.10. The Morgan fingerprint density at radius 2 is 1.72 bits per heavy atom. The van der Waals surface area contributed by atoms with Crippen molar-refractivity contribution in [3.63, 3.8) is 0 Å². The molecule has 132 valence electrons. The van der Waals surface area contributed by atoms with E-state index in [-0.39, 0.29) is 10.5 Å². The molecular formula is C15H13ClFN3O4S. The molecule has 0 aromatic heterocycles. The molecular weight excluding hydrogens is 373 g/mol. The second-order valence-corrected chi connectivity index (χ2v) is 6.99. The first-order chi connectivity index (χ1) is 11.8. The van der Waals surface area contributed by atoms with E-state index in [9.17, 15) is 22.4 Å². The highest BCUT2D eigenvalue weighted by molar-refractivity contribution is 7.89. The number of hydrogen-bond donors (Lipinski definition) is 3. The van der Waals surface area contributed by atoms with Crippen LogP contribution in [0.5, 0.6) is 0 Å². The van der Waals surface area contributed by atoms with Crippen molar-refractivity contribution in [1.82, 2.24) is 15.6 Å². The summed E-state index contributed by atoms with van der Waals surface area (Å²) in [7, 11) is -3.98. The van der Waals surface area contributed by atoms with Crippen LogP contribution in [0.4, 0.5) is 4.39 Å². The van der Waals surface area contributed by atoms with Crippen molar-refractivity contribution in [2.24, 2.45) is 0 Å². The molecule has 0 aliphatic heterocycles. The molecule has 0 unspecified atom stereocenters. The quantitative estimate of drug-likeness (QED) is 0.673. The number of carbonyl (C=O) groups is 2. The molecule has 0 aliphatic rings. The maximum Gasteiger partial charge on any atom is 0.269 e. The van der Waals surface area contributed by atoms with E-state index in [2.05, 4.69) is 10.9 Å². The van der Waals surface area contributed by atoms with Gasteiger partial charge in [0.2, 0.25) is 10.0 Å². The van der Waals surface area contributed by atoms with Gasteiger partial charge >= 0.3 is 0 Å². The fourth-order valence-corrected chi connectivity index (χ4v) is 2.90. The van der Waals surface area contributed by atoms with E-state index in [0.29, 0.717) is 5.02 Å². The Morgan fingerprint density at radius 1 is 1.04 bits per heavy atom. The molecule has 3 N–H and O–H groups in total. The smallest absolute Gasteiger partial charge is 0.269 e. The highest BCUT2D eigenvalue weighted by Gasteiger charge is 2.16. The fraction of sp³-hybridized carbons (Fsp3) is 0.0667. The van der Waals surface area contributed by atoms with Crippen LogP contribution in [0, 0.1) is 5.82 Å². The van der Waals surface area contributed by atoms with Gasteiger partial charge in [0.15, 0.2) is 0 Å². The summed E-state index contributed by atoms with van der Waals surface area (Å²) in [6.07, 6.45) is 0. The molecule has 0 heterocycles. The summed E-state index contributed by atoms with van der Waals surface area (Å²) in [5, 5.41) is 0.353. The minimum absolute atomic E-state index is 0.190. The highest BCUT2D eigenvalue weighted by atomic mass is 35.5. The van der Waals surface area contributed by atoms with Gasteiger partial charge in [0.05, 0.1) is 11.4 Å². The van der Waals surface area contributed by atoms with Gasteiger partial charge in [-0.15, -0.1) is 0 Å². The summed E-state index contributed by atoms with van der Waals surface area (Å²) in [6.45, 7) is -0.616. The number of benzene rings is 2. The van der Waals surface area contributed by atoms with Crippen LogP contribution in [0.25, 0.3) is 0 Å². The van der Waals surface area contributed by atoms with Crippen LogP contribution >= 0.6 is 11.6 Å². The predicted molar refractivity (Wildman–Crippen MR) is 88.6 cm³/mol. The summed E-state index contributed by atoms with van der Waals surface area (Å²) < 4.78 is 38.7. The lowest BCUT2D eigenvalue weighted by Gasteiger charge is -2.09. The molecule has 2 aromatic carbocycles. The van der Waals surface area contributed by atoms with Gasteiger partial charge in [0.25, 0.3) is 11.8 Å². The average Bonchev–Trinajstić information content (AvgIpc) is 2.58. The molecule has 0 spiro atoms. The third-order valence-corrected chi connectivity index (χ3v) is 4.60.